The van der Waals surface area contributed by atoms with Gasteiger partial charge in [0.2, 0.25) is 10.0 Å². The maximum absolute atomic E-state index is 13.2. The predicted octanol–water partition coefficient (Wildman–Crippen LogP) is 2.61. The maximum atomic E-state index is 13.2. The highest BCUT2D eigenvalue weighted by Gasteiger charge is 2.32. The standard InChI is InChI=1S/C20H21N5O3S/c1-14-20(15(2)28-23-14)29(26,27)25-9-5-8-24(10-11-25)19-12-16(13-21)22-18-7-4-3-6-17(18)19/h3-4,6-7,12H,5,8-11H2,1-2H3. The van der Waals surface area contributed by atoms with Crippen LogP contribution in [0.2, 0.25) is 0 Å². The molecule has 0 unspecified atom stereocenters. The highest BCUT2D eigenvalue weighted by molar-refractivity contribution is 7.89. The lowest BCUT2D eigenvalue weighted by Gasteiger charge is -2.25. The molecule has 9 heteroatoms. The van der Waals surface area contributed by atoms with Crippen LogP contribution in [-0.2, 0) is 10.0 Å². The number of para-hydroxylation sites is 1. The minimum absolute atomic E-state index is 0.159. The molecule has 0 atom stereocenters. The van der Waals surface area contributed by atoms with Crippen LogP contribution in [0.1, 0.15) is 23.6 Å². The molecule has 1 aromatic carbocycles. The van der Waals surface area contributed by atoms with Crippen molar-refractivity contribution in [1.29, 1.82) is 5.26 Å². The van der Waals surface area contributed by atoms with E-state index in [1.165, 1.54) is 4.31 Å². The van der Waals surface area contributed by atoms with Crippen LogP contribution in [0.15, 0.2) is 39.8 Å². The molecule has 1 aliphatic rings. The molecule has 0 bridgehead atoms. The number of nitrogens with zero attached hydrogens (tertiary/aromatic N) is 5. The molecule has 2 aromatic heterocycles. The smallest absolute Gasteiger partial charge is 0.248 e. The van der Waals surface area contributed by atoms with E-state index in [2.05, 4.69) is 21.1 Å². The summed E-state index contributed by atoms with van der Waals surface area (Å²) in [5.41, 5.74) is 2.39. The van der Waals surface area contributed by atoms with Gasteiger partial charge in [-0.05, 0) is 32.4 Å². The Morgan fingerprint density at radius 3 is 2.66 bits per heavy atom. The van der Waals surface area contributed by atoms with Gasteiger partial charge in [0.25, 0.3) is 0 Å². The number of pyridine rings is 1. The first-order chi connectivity index (χ1) is 13.9. The van der Waals surface area contributed by atoms with Gasteiger partial charge in [-0.1, -0.05) is 23.4 Å². The van der Waals surface area contributed by atoms with E-state index in [4.69, 9.17) is 4.52 Å². The Kier molecular flexibility index (Phi) is 4.98. The second-order valence-corrected chi connectivity index (χ2v) is 8.93. The van der Waals surface area contributed by atoms with Crippen LogP contribution in [0.4, 0.5) is 5.69 Å². The Balaban J connectivity index is 1.65. The SMILES string of the molecule is Cc1noc(C)c1S(=O)(=O)N1CCCN(c2cc(C#N)nc3ccccc23)CC1. The van der Waals surface area contributed by atoms with Crippen LogP contribution >= 0.6 is 0 Å². The van der Waals surface area contributed by atoms with E-state index in [9.17, 15) is 13.7 Å². The molecule has 150 valence electrons. The molecule has 3 heterocycles. The van der Waals surface area contributed by atoms with Crippen molar-refractivity contribution >= 4 is 26.6 Å². The minimum Gasteiger partial charge on any atom is -0.370 e. The highest BCUT2D eigenvalue weighted by atomic mass is 32.2. The normalized spacial score (nSPS) is 16.0. The summed E-state index contributed by atoms with van der Waals surface area (Å²) in [7, 11) is -3.68. The summed E-state index contributed by atoms with van der Waals surface area (Å²) in [6.07, 6.45) is 0.668. The Bertz CT molecular complexity index is 1190. The Hall–Kier alpha value is -2.96. The summed E-state index contributed by atoms with van der Waals surface area (Å²) in [5, 5.41) is 14.1. The average Bonchev–Trinajstić information content (AvgIpc) is 2.92. The molecule has 1 fully saturated rings. The van der Waals surface area contributed by atoms with Gasteiger partial charge in [-0.25, -0.2) is 13.4 Å². The third-order valence-electron chi connectivity index (χ3n) is 5.17. The second-order valence-electron chi connectivity index (χ2n) is 7.05. The number of hydrogen-bond acceptors (Lipinski definition) is 7. The van der Waals surface area contributed by atoms with Crippen molar-refractivity contribution in [2.75, 3.05) is 31.1 Å². The van der Waals surface area contributed by atoms with Crippen molar-refractivity contribution in [3.05, 3.63) is 47.5 Å². The number of nitriles is 1. The molecule has 29 heavy (non-hydrogen) atoms. The number of anilines is 1. The summed E-state index contributed by atoms with van der Waals surface area (Å²) in [5.74, 6) is 0.308. The van der Waals surface area contributed by atoms with Crippen LogP contribution in [-0.4, -0.2) is 49.0 Å². The van der Waals surface area contributed by atoms with Crippen molar-refractivity contribution in [1.82, 2.24) is 14.4 Å². The van der Waals surface area contributed by atoms with Gasteiger partial charge >= 0.3 is 0 Å². The van der Waals surface area contributed by atoms with Crippen LogP contribution in [0.25, 0.3) is 10.9 Å². The van der Waals surface area contributed by atoms with Crippen LogP contribution < -0.4 is 4.90 Å². The number of rotatable bonds is 3. The van der Waals surface area contributed by atoms with Crippen molar-refractivity contribution in [2.24, 2.45) is 0 Å². The zero-order valence-corrected chi connectivity index (χ0v) is 17.1. The Morgan fingerprint density at radius 1 is 1.14 bits per heavy atom. The number of aryl methyl sites for hydroxylation is 2. The Labute approximate surface area is 169 Å². The lowest BCUT2D eigenvalue weighted by Crippen LogP contribution is -2.35. The summed E-state index contributed by atoms with van der Waals surface area (Å²) in [4.78, 5) is 6.66. The van der Waals surface area contributed by atoms with Crippen molar-refractivity contribution in [3.8, 4) is 6.07 Å². The topological polar surface area (TPSA) is 103 Å². The minimum atomic E-state index is -3.68. The fourth-order valence-electron chi connectivity index (χ4n) is 3.82. The average molecular weight is 411 g/mol. The van der Waals surface area contributed by atoms with Gasteiger partial charge in [0.05, 0.1) is 5.52 Å². The number of sulfonamides is 1. The maximum Gasteiger partial charge on any atom is 0.248 e. The van der Waals surface area contributed by atoms with Gasteiger partial charge in [-0.15, -0.1) is 0 Å². The van der Waals surface area contributed by atoms with E-state index in [0.717, 1.165) is 16.6 Å². The third-order valence-corrected chi connectivity index (χ3v) is 7.31. The number of hydrogen-bond donors (Lipinski definition) is 0. The van der Waals surface area contributed by atoms with E-state index in [-0.39, 0.29) is 4.90 Å². The first-order valence-corrected chi connectivity index (χ1v) is 10.8. The largest absolute Gasteiger partial charge is 0.370 e. The van der Waals surface area contributed by atoms with Crippen molar-refractivity contribution in [3.63, 3.8) is 0 Å². The van der Waals surface area contributed by atoms with Crippen molar-refractivity contribution in [2.45, 2.75) is 25.2 Å². The van der Waals surface area contributed by atoms with Gasteiger partial charge in [-0.3, -0.25) is 0 Å². The van der Waals surface area contributed by atoms with Crippen LogP contribution in [0.5, 0.6) is 0 Å². The zero-order valence-electron chi connectivity index (χ0n) is 16.3. The van der Waals surface area contributed by atoms with Gasteiger partial charge < -0.3 is 9.42 Å². The molecular weight excluding hydrogens is 390 g/mol. The van der Waals surface area contributed by atoms with E-state index in [1.54, 1.807) is 19.9 Å². The monoisotopic (exact) mass is 411 g/mol. The van der Waals surface area contributed by atoms with Gasteiger partial charge in [0, 0.05) is 37.3 Å². The van der Waals surface area contributed by atoms with Crippen LogP contribution in [0.3, 0.4) is 0 Å². The van der Waals surface area contributed by atoms with E-state index >= 15 is 0 Å². The molecule has 0 radical (unpaired) electrons. The summed E-state index contributed by atoms with van der Waals surface area (Å²) in [6, 6.07) is 11.6. The lowest BCUT2D eigenvalue weighted by atomic mass is 10.1. The fourth-order valence-corrected chi connectivity index (χ4v) is 5.58. The van der Waals surface area contributed by atoms with Gasteiger partial charge in [0.1, 0.15) is 22.4 Å². The molecule has 1 saturated heterocycles. The molecule has 0 amide bonds. The molecule has 8 nitrogen and oxygen atoms in total. The molecular formula is C20H21N5O3S. The van der Waals surface area contributed by atoms with Gasteiger partial charge in [-0.2, -0.15) is 9.57 Å². The first kappa shape index (κ1) is 19.4. The second kappa shape index (κ2) is 7.46. The Morgan fingerprint density at radius 2 is 1.93 bits per heavy atom. The zero-order chi connectivity index (χ0) is 20.6. The molecule has 1 aliphatic heterocycles. The number of benzene rings is 1. The molecule has 3 aromatic rings. The lowest BCUT2D eigenvalue weighted by molar-refractivity contribution is 0.389. The van der Waals surface area contributed by atoms with E-state index in [0.29, 0.717) is 49.7 Å². The third kappa shape index (κ3) is 3.45. The number of aromatic nitrogens is 2. The van der Waals surface area contributed by atoms with E-state index < -0.39 is 10.0 Å². The predicted molar refractivity (Wildman–Crippen MR) is 108 cm³/mol. The molecule has 0 saturated carbocycles. The molecule has 0 spiro atoms. The fraction of sp³-hybridized carbons (Fsp3) is 0.350. The van der Waals surface area contributed by atoms with Crippen LogP contribution in [0, 0.1) is 25.2 Å². The van der Waals surface area contributed by atoms with Gasteiger partial charge in [0.15, 0.2) is 5.76 Å². The molecule has 0 N–H and O–H groups in total. The summed E-state index contributed by atoms with van der Waals surface area (Å²) in [6.45, 7) is 5.21. The summed E-state index contributed by atoms with van der Waals surface area (Å²) < 4.78 is 32.9. The number of fused-ring (bicyclic) bond motifs is 1. The summed E-state index contributed by atoms with van der Waals surface area (Å²) >= 11 is 0. The molecule has 0 aliphatic carbocycles. The first-order valence-electron chi connectivity index (χ1n) is 9.39. The molecule has 4 rings (SSSR count). The highest BCUT2D eigenvalue weighted by Crippen LogP contribution is 2.29. The van der Waals surface area contributed by atoms with Crippen molar-refractivity contribution < 1.29 is 12.9 Å². The van der Waals surface area contributed by atoms with E-state index in [1.807, 2.05) is 24.3 Å². The quantitative estimate of drug-likeness (QED) is 0.652.